The first kappa shape index (κ1) is 15.8. The van der Waals surface area contributed by atoms with Crippen LogP contribution in [0.25, 0.3) is 0 Å². The minimum absolute atomic E-state index is 0.129. The second-order valence-corrected chi connectivity index (χ2v) is 5.11. The minimum Gasteiger partial charge on any atom is -0.449 e. The highest BCUT2D eigenvalue weighted by atomic mass is 16.6. The molecule has 1 rings (SSSR count). The second-order valence-electron chi connectivity index (χ2n) is 5.11. The number of likely N-dealkylation sites (tertiary alicyclic amines) is 1. The quantitative estimate of drug-likeness (QED) is 0.733. The van der Waals surface area contributed by atoms with E-state index in [0.29, 0.717) is 38.6 Å². The highest BCUT2D eigenvalue weighted by Crippen LogP contribution is 2.18. The SMILES string of the molecule is COCCNC(=O)C1CCCN1C(=O)OCC(C)C. The summed E-state index contributed by atoms with van der Waals surface area (Å²) in [5, 5.41) is 2.76. The van der Waals surface area contributed by atoms with Gasteiger partial charge in [-0.2, -0.15) is 0 Å². The van der Waals surface area contributed by atoms with Crippen LogP contribution in [-0.4, -0.2) is 56.4 Å². The van der Waals surface area contributed by atoms with Crippen LogP contribution >= 0.6 is 0 Å². The maximum atomic E-state index is 12.0. The highest BCUT2D eigenvalue weighted by Gasteiger charge is 2.34. The number of ether oxygens (including phenoxy) is 2. The monoisotopic (exact) mass is 272 g/mol. The van der Waals surface area contributed by atoms with E-state index < -0.39 is 12.1 Å². The van der Waals surface area contributed by atoms with E-state index in [4.69, 9.17) is 9.47 Å². The summed E-state index contributed by atoms with van der Waals surface area (Å²) >= 11 is 0. The molecule has 0 aromatic carbocycles. The number of amides is 2. The van der Waals surface area contributed by atoms with Gasteiger partial charge in [0.25, 0.3) is 0 Å². The molecule has 19 heavy (non-hydrogen) atoms. The number of carbonyl (C=O) groups is 2. The topological polar surface area (TPSA) is 67.9 Å². The Morgan fingerprint density at radius 2 is 2.16 bits per heavy atom. The summed E-state index contributed by atoms with van der Waals surface area (Å²) < 4.78 is 10.0. The largest absolute Gasteiger partial charge is 0.449 e. The predicted molar refractivity (Wildman–Crippen MR) is 70.8 cm³/mol. The third-order valence-electron chi connectivity index (χ3n) is 2.94. The minimum atomic E-state index is -0.406. The second kappa shape index (κ2) is 7.99. The molecule has 0 radical (unpaired) electrons. The van der Waals surface area contributed by atoms with Crippen molar-refractivity contribution in [1.29, 1.82) is 0 Å². The van der Waals surface area contributed by atoms with Crippen LogP contribution in [0, 0.1) is 5.92 Å². The van der Waals surface area contributed by atoms with Gasteiger partial charge >= 0.3 is 6.09 Å². The molecular weight excluding hydrogens is 248 g/mol. The average molecular weight is 272 g/mol. The van der Waals surface area contributed by atoms with E-state index in [1.807, 2.05) is 13.8 Å². The van der Waals surface area contributed by atoms with Crippen molar-refractivity contribution in [2.45, 2.75) is 32.7 Å². The zero-order valence-corrected chi connectivity index (χ0v) is 12.0. The molecule has 1 N–H and O–H groups in total. The maximum Gasteiger partial charge on any atom is 0.410 e. The van der Waals surface area contributed by atoms with Gasteiger partial charge in [-0.3, -0.25) is 9.69 Å². The summed E-state index contributed by atoms with van der Waals surface area (Å²) in [5.41, 5.74) is 0. The normalized spacial score (nSPS) is 18.7. The number of methoxy groups -OCH3 is 1. The third kappa shape index (κ3) is 5.06. The van der Waals surface area contributed by atoms with Gasteiger partial charge < -0.3 is 14.8 Å². The van der Waals surface area contributed by atoms with E-state index in [0.717, 1.165) is 6.42 Å². The molecular formula is C13H24N2O4. The lowest BCUT2D eigenvalue weighted by molar-refractivity contribution is -0.125. The molecule has 1 aliphatic rings. The molecule has 1 fully saturated rings. The molecule has 0 spiro atoms. The van der Waals surface area contributed by atoms with E-state index >= 15 is 0 Å². The first-order valence-electron chi connectivity index (χ1n) is 6.76. The highest BCUT2D eigenvalue weighted by molar-refractivity contribution is 5.86. The number of nitrogens with zero attached hydrogens (tertiary/aromatic N) is 1. The summed E-state index contributed by atoms with van der Waals surface area (Å²) in [6.07, 6.45) is 1.13. The molecule has 6 heteroatoms. The van der Waals surface area contributed by atoms with Gasteiger partial charge in [-0.15, -0.1) is 0 Å². The van der Waals surface area contributed by atoms with E-state index in [9.17, 15) is 9.59 Å². The van der Waals surface area contributed by atoms with Gasteiger partial charge in [-0.25, -0.2) is 4.79 Å². The molecule has 1 unspecified atom stereocenters. The van der Waals surface area contributed by atoms with Crippen LogP contribution in [0.3, 0.4) is 0 Å². The molecule has 110 valence electrons. The number of carbonyl (C=O) groups excluding carboxylic acids is 2. The van der Waals surface area contributed by atoms with E-state index in [1.165, 1.54) is 4.90 Å². The fraction of sp³-hybridized carbons (Fsp3) is 0.846. The van der Waals surface area contributed by atoms with Crippen molar-refractivity contribution in [3.8, 4) is 0 Å². The van der Waals surface area contributed by atoms with Crippen molar-refractivity contribution in [2.75, 3.05) is 33.4 Å². The molecule has 1 saturated heterocycles. The zero-order valence-electron chi connectivity index (χ0n) is 12.0. The van der Waals surface area contributed by atoms with Crippen molar-refractivity contribution in [1.82, 2.24) is 10.2 Å². The van der Waals surface area contributed by atoms with E-state index in [1.54, 1.807) is 7.11 Å². The van der Waals surface area contributed by atoms with Crippen molar-refractivity contribution >= 4 is 12.0 Å². The molecule has 0 bridgehead atoms. The van der Waals surface area contributed by atoms with Crippen LogP contribution in [0.5, 0.6) is 0 Å². The smallest absolute Gasteiger partial charge is 0.410 e. The lowest BCUT2D eigenvalue weighted by atomic mass is 10.2. The van der Waals surface area contributed by atoms with E-state index in [-0.39, 0.29) is 5.91 Å². The van der Waals surface area contributed by atoms with Crippen LogP contribution < -0.4 is 5.32 Å². The summed E-state index contributed by atoms with van der Waals surface area (Å²) in [4.78, 5) is 25.4. The average Bonchev–Trinajstić information content (AvgIpc) is 2.85. The lowest BCUT2D eigenvalue weighted by Crippen LogP contribution is -2.46. The number of hydrogen-bond donors (Lipinski definition) is 1. The van der Waals surface area contributed by atoms with Crippen molar-refractivity contribution in [2.24, 2.45) is 5.92 Å². The Balaban J connectivity index is 2.44. The Morgan fingerprint density at radius 3 is 2.79 bits per heavy atom. The van der Waals surface area contributed by atoms with Crippen LogP contribution in [-0.2, 0) is 14.3 Å². The molecule has 1 aliphatic heterocycles. The molecule has 0 aromatic heterocycles. The zero-order chi connectivity index (χ0) is 14.3. The predicted octanol–water partition coefficient (Wildman–Crippen LogP) is 1.01. The van der Waals surface area contributed by atoms with Gasteiger partial charge in [-0.05, 0) is 18.8 Å². The molecule has 2 amide bonds. The number of hydrogen-bond acceptors (Lipinski definition) is 4. The molecule has 1 heterocycles. The van der Waals surface area contributed by atoms with Gasteiger partial charge in [0.1, 0.15) is 6.04 Å². The Bertz CT molecular complexity index is 307. The van der Waals surface area contributed by atoms with Crippen molar-refractivity contribution < 1.29 is 19.1 Å². The molecule has 1 atom stereocenters. The van der Waals surface area contributed by atoms with Gasteiger partial charge in [0.15, 0.2) is 0 Å². The summed E-state index contributed by atoms with van der Waals surface area (Å²) in [7, 11) is 1.58. The van der Waals surface area contributed by atoms with Gasteiger partial charge in [0.05, 0.1) is 13.2 Å². The molecule has 0 saturated carbocycles. The summed E-state index contributed by atoms with van der Waals surface area (Å²) in [5.74, 6) is 0.163. The van der Waals surface area contributed by atoms with Crippen molar-refractivity contribution in [3.63, 3.8) is 0 Å². The Morgan fingerprint density at radius 1 is 1.42 bits per heavy atom. The van der Waals surface area contributed by atoms with Gasteiger partial charge in [-0.1, -0.05) is 13.8 Å². The summed E-state index contributed by atoms with van der Waals surface area (Å²) in [6.45, 7) is 5.85. The maximum absolute atomic E-state index is 12.0. The number of nitrogens with one attached hydrogen (secondary N) is 1. The third-order valence-corrected chi connectivity index (χ3v) is 2.94. The van der Waals surface area contributed by atoms with Crippen LogP contribution in [0.15, 0.2) is 0 Å². The molecule has 0 aromatic rings. The Labute approximate surface area is 114 Å². The number of rotatable bonds is 6. The standard InChI is InChI=1S/C13H24N2O4/c1-10(2)9-19-13(17)15-7-4-5-11(15)12(16)14-6-8-18-3/h10-11H,4-9H2,1-3H3,(H,14,16). The van der Waals surface area contributed by atoms with Crippen LogP contribution in [0.1, 0.15) is 26.7 Å². The fourth-order valence-electron chi connectivity index (χ4n) is 1.97. The van der Waals surface area contributed by atoms with Crippen LogP contribution in [0.2, 0.25) is 0 Å². The van der Waals surface area contributed by atoms with Gasteiger partial charge in [0, 0.05) is 20.2 Å². The first-order valence-corrected chi connectivity index (χ1v) is 6.76. The van der Waals surface area contributed by atoms with Crippen molar-refractivity contribution in [3.05, 3.63) is 0 Å². The Hall–Kier alpha value is -1.30. The van der Waals surface area contributed by atoms with E-state index in [2.05, 4.69) is 5.32 Å². The first-order chi connectivity index (χ1) is 9.06. The fourth-order valence-corrected chi connectivity index (χ4v) is 1.97. The Kier molecular flexibility index (Phi) is 6.62. The van der Waals surface area contributed by atoms with Crippen LogP contribution in [0.4, 0.5) is 4.79 Å². The van der Waals surface area contributed by atoms with Gasteiger partial charge in [0.2, 0.25) is 5.91 Å². The molecule has 0 aliphatic carbocycles. The lowest BCUT2D eigenvalue weighted by Gasteiger charge is -2.23. The molecule has 6 nitrogen and oxygen atoms in total. The summed E-state index contributed by atoms with van der Waals surface area (Å²) in [6, 6.07) is -0.406.